The van der Waals surface area contributed by atoms with Crippen LogP contribution in [0.1, 0.15) is 305 Å². The quantitative estimate of drug-likeness (QED) is 0.0169. The number of carbonyl (C=O) groups is 4. The van der Waals surface area contributed by atoms with Gasteiger partial charge in [-0.05, 0) is 69.1 Å². The molecule has 0 spiro atoms. The van der Waals surface area contributed by atoms with Crippen LogP contribution in [0.5, 0.6) is 0 Å². The van der Waals surface area contributed by atoms with Crippen molar-refractivity contribution in [1.29, 1.82) is 0 Å². The lowest BCUT2D eigenvalue weighted by Crippen LogP contribution is -2.30. The van der Waals surface area contributed by atoms with Gasteiger partial charge in [-0.3, -0.25) is 37.3 Å². The lowest BCUT2D eigenvalue weighted by atomic mass is 10.00. The molecule has 0 fully saturated rings. The molecule has 19 heteroatoms. The number of carbonyl (C=O) groups excluding carboxylic acids is 4. The molecule has 0 saturated carbocycles. The van der Waals surface area contributed by atoms with Gasteiger partial charge >= 0.3 is 39.5 Å². The number of esters is 4. The number of ether oxygens (including phenoxy) is 4. The minimum Gasteiger partial charge on any atom is -0.462 e. The van der Waals surface area contributed by atoms with Crippen molar-refractivity contribution in [3.8, 4) is 0 Å². The number of aliphatic hydroxyl groups is 1. The molecule has 506 valence electrons. The number of unbranched alkanes of at least 4 members (excludes halogenated alkanes) is 26. The predicted molar refractivity (Wildman–Crippen MR) is 344 cm³/mol. The molecule has 0 aliphatic carbocycles. The Bertz CT molecular complexity index is 1800. The highest BCUT2D eigenvalue weighted by Gasteiger charge is 2.30. The van der Waals surface area contributed by atoms with Crippen molar-refractivity contribution in [3.63, 3.8) is 0 Å². The van der Waals surface area contributed by atoms with Gasteiger partial charge in [-0.25, -0.2) is 9.13 Å². The van der Waals surface area contributed by atoms with Crippen LogP contribution in [-0.2, 0) is 65.4 Å². The van der Waals surface area contributed by atoms with Crippen molar-refractivity contribution < 1.29 is 80.2 Å². The Kier molecular flexibility index (Phi) is 56.0. The monoisotopic (exact) mass is 1260 g/mol. The summed E-state index contributed by atoms with van der Waals surface area (Å²) in [6.07, 6.45) is 42.6. The normalized spacial score (nSPS) is 15.1. The molecule has 0 aliphatic rings. The Morgan fingerprint density at radius 1 is 0.384 bits per heavy atom. The minimum absolute atomic E-state index is 0.0837. The van der Waals surface area contributed by atoms with E-state index in [4.69, 9.17) is 37.0 Å². The zero-order chi connectivity index (χ0) is 63.8. The summed E-state index contributed by atoms with van der Waals surface area (Å²) in [4.78, 5) is 72.3. The number of phosphoric ester groups is 2. The summed E-state index contributed by atoms with van der Waals surface area (Å²) in [5, 5.41) is 10.6. The number of hydrogen-bond acceptors (Lipinski definition) is 15. The van der Waals surface area contributed by atoms with Crippen molar-refractivity contribution >= 4 is 39.5 Å². The van der Waals surface area contributed by atoms with Gasteiger partial charge in [0.2, 0.25) is 0 Å². The molecule has 0 heterocycles. The summed E-state index contributed by atoms with van der Waals surface area (Å²) in [7, 11) is -9.91. The lowest BCUT2D eigenvalue weighted by molar-refractivity contribution is -0.161. The van der Waals surface area contributed by atoms with Crippen LogP contribution in [0.15, 0.2) is 24.3 Å². The first kappa shape index (κ1) is 83.5. The largest absolute Gasteiger partial charge is 0.472 e. The maximum atomic E-state index is 13.0. The summed E-state index contributed by atoms with van der Waals surface area (Å²) in [6, 6.07) is 0. The number of rotatable bonds is 63. The van der Waals surface area contributed by atoms with Gasteiger partial charge < -0.3 is 33.8 Å². The van der Waals surface area contributed by atoms with Gasteiger partial charge in [-0.2, -0.15) is 0 Å². The average Bonchev–Trinajstić information content (AvgIpc) is 3.59. The molecule has 4 unspecified atom stereocenters. The molecule has 0 amide bonds. The molecule has 0 radical (unpaired) electrons. The molecular weight excluding hydrogens is 1140 g/mol. The van der Waals surface area contributed by atoms with E-state index in [0.717, 1.165) is 133 Å². The predicted octanol–water partition coefficient (Wildman–Crippen LogP) is 18.2. The summed E-state index contributed by atoms with van der Waals surface area (Å²) >= 11 is 0. The Hall–Kier alpha value is -2.46. The van der Waals surface area contributed by atoms with Crippen LogP contribution >= 0.6 is 15.6 Å². The summed E-state index contributed by atoms with van der Waals surface area (Å²) in [5.74, 6) is 0.00431. The van der Waals surface area contributed by atoms with Crippen LogP contribution in [0.25, 0.3) is 0 Å². The van der Waals surface area contributed by atoms with Crippen molar-refractivity contribution in [2.75, 3.05) is 39.6 Å². The van der Waals surface area contributed by atoms with Gasteiger partial charge in [0.15, 0.2) is 12.2 Å². The van der Waals surface area contributed by atoms with Crippen LogP contribution < -0.4 is 0 Å². The molecular formula is C67H126O17P2. The third-order valence-electron chi connectivity index (χ3n) is 15.5. The number of phosphoric acid groups is 2. The second kappa shape index (κ2) is 57.7. The summed E-state index contributed by atoms with van der Waals surface area (Å²) in [6.45, 7) is 11.6. The Morgan fingerprint density at radius 3 is 1.03 bits per heavy atom. The lowest BCUT2D eigenvalue weighted by Gasteiger charge is -2.21. The number of aliphatic hydroxyl groups excluding tert-OH is 1. The zero-order valence-electron chi connectivity index (χ0n) is 55.3. The van der Waals surface area contributed by atoms with Gasteiger partial charge in [0.05, 0.1) is 26.4 Å². The van der Waals surface area contributed by atoms with Crippen LogP contribution in [0.4, 0.5) is 0 Å². The SMILES string of the molecule is CCCCCC/C=C\C=C/CCCCCCCC(=O)O[C@H](COC(=O)CCCCCCCCCCC(C)C)COP(=O)(O)OC[C@@H](O)COP(=O)(O)OC[C@@H](COC(=O)CCCCCCCCC(C)CC)OC(=O)CCCCCCCCC(C)CC. The molecule has 0 aliphatic heterocycles. The summed E-state index contributed by atoms with van der Waals surface area (Å²) < 4.78 is 68.1. The molecule has 0 rings (SSSR count). The fourth-order valence-corrected chi connectivity index (χ4v) is 11.0. The van der Waals surface area contributed by atoms with Crippen LogP contribution in [-0.4, -0.2) is 96.7 Å². The van der Waals surface area contributed by atoms with E-state index in [0.29, 0.717) is 25.7 Å². The van der Waals surface area contributed by atoms with Crippen LogP contribution in [0.2, 0.25) is 0 Å². The zero-order valence-corrected chi connectivity index (χ0v) is 57.0. The molecule has 0 aromatic carbocycles. The molecule has 0 aromatic heterocycles. The molecule has 7 atom stereocenters. The minimum atomic E-state index is -4.96. The molecule has 17 nitrogen and oxygen atoms in total. The maximum Gasteiger partial charge on any atom is 0.472 e. The molecule has 0 bridgehead atoms. The Morgan fingerprint density at radius 2 is 0.686 bits per heavy atom. The van der Waals surface area contributed by atoms with E-state index in [1.165, 1.54) is 89.9 Å². The maximum absolute atomic E-state index is 13.0. The molecule has 0 saturated heterocycles. The van der Waals surface area contributed by atoms with E-state index in [2.05, 4.69) is 72.8 Å². The van der Waals surface area contributed by atoms with E-state index in [-0.39, 0.29) is 25.7 Å². The first-order valence-corrected chi connectivity index (χ1v) is 37.2. The molecule has 3 N–H and O–H groups in total. The third kappa shape index (κ3) is 57.9. The highest BCUT2D eigenvalue weighted by atomic mass is 31.2. The standard InChI is InChI=1S/C67H126O17P2/c1-8-11-12-13-14-15-16-17-18-19-20-21-26-36-43-50-66(71)83-62(54-77-64(69)48-41-34-25-23-22-24-31-38-45-58(4)5)56-81-85(73,74)79-52-61(68)53-80-86(75,76)82-57-63(84-67(72)51-44-37-30-28-33-40-47-60(7)10-3)55-78-65(70)49-42-35-29-27-32-39-46-59(6)9-2/h15-18,58-63,68H,8-14,19-57H2,1-7H3,(H,73,74)(H,75,76)/b16-15-,18-17-/t59?,60?,61-,62-,63-/m1/s1. The average molecular weight is 1270 g/mol. The van der Waals surface area contributed by atoms with Gasteiger partial charge in [0, 0.05) is 25.7 Å². The van der Waals surface area contributed by atoms with Crippen molar-refractivity contribution in [2.24, 2.45) is 17.8 Å². The van der Waals surface area contributed by atoms with Gasteiger partial charge in [-0.1, -0.05) is 253 Å². The fraction of sp³-hybridized carbons (Fsp3) is 0.881. The topological polar surface area (TPSA) is 237 Å². The van der Waals surface area contributed by atoms with Crippen molar-refractivity contribution in [3.05, 3.63) is 24.3 Å². The van der Waals surface area contributed by atoms with E-state index in [1.54, 1.807) is 0 Å². The highest BCUT2D eigenvalue weighted by Crippen LogP contribution is 2.45. The van der Waals surface area contributed by atoms with E-state index >= 15 is 0 Å². The van der Waals surface area contributed by atoms with Gasteiger partial charge in [-0.15, -0.1) is 0 Å². The molecule has 0 aromatic rings. The number of allylic oxidation sites excluding steroid dienone is 4. The Labute approximate surface area is 522 Å². The smallest absolute Gasteiger partial charge is 0.462 e. The molecule has 86 heavy (non-hydrogen) atoms. The van der Waals surface area contributed by atoms with Gasteiger partial charge in [0.1, 0.15) is 19.3 Å². The van der Waals surface area contributed by atoms with E-state index < -0.39 is 97.5 Å². The fourth-order valence-electron chi connectivity index (χ4n) is 9.41. The number of hydrogen-bond donors (Lipinski definition) is 3. The van der Waals surface area contributed by atoms with E-state index in [1.807, 2.05) is 0 Å². The van der Waals surface area contributed by atoms with Gasteiger partial charge in [0.25, 0.3) is 0 Å². The second-order valence-corrected chi connectivity index (χ2v) is 27.4. The van der Waals surface area contributed by atoms with Crippen molar-refractivity contribution in [1.82, 2.24) is 0 Å². The first-order valence-electron chi connectivity index (χ1n) is 34.2. The van der Waals surface area contributed by atoms with Crippen molar-refractivity contribution in [2.45, 2.75) is 324 Å². The summed E-state index contributed by atoms with van der Waals surface area (Å²) in [5.41, 5.74) is 0. The first-order chi connectivity index (χ1) is 41.3. The second-order valence-electron chi connectivity index (χ2n) is 24.5. The Balaban J connectivity index is 5.30. The van der Waals surface area contributed by atoms with Crippen LogP contribution in [0, 0.1) is 17.8 Å². The van der Waals surface area contributed by atoms with Crippen LogP contribution in [0.3, 0.4) is 0 Å². The highest BCUT2D eigenvalue weighted by molar-refractivity contribution is 7.47. The van der Waals surface area contributed by atoms with E-state index in [9.17, 15) is 43.2 Å². The third-order valence-corrected chi connectivity index (χ3v) is 17.4.